The SMILES string of the molecule is CCCN(NC1(c2cccc(C(C)C)c2)CCC2(CC1)OCCO2)C(=O)O. The summed E-state index contributed by atoms with van der Waals surface area (Å²) >= 11 is 0. The summed E-state index contributed by atoms with van der Waals surface area (Å²) in [6.07, 6.45) is 2.86. The minimum atomic E-state index is -0.940. The second kappa shape index (κ2) is 8.17. The maximum Gasteiger partial charge on any atom is 0.421 e. The van der Waals surface area contributed by atoms with E-state index in [-0.39, 0.29) is 0 Å². The summed E-state index contributed by atoms with van der Waals surface area (Å²) in [7, 11) is 0. The molecule has 1 amide bonds. The molecule has 27 heavy (non-hydrogen) atoms. The van der Waals surface area contributed by atoms with Crippen molar-refractivity contribution in [3.8, 4) is 0 Å². The van der Waals surface area contributed by atoms with E-state index in [2.05, 4.69) is 43.5 Å². The third-order valence-corrected chi connectivity index (χ3v) is 5.81. The Morgan fingerprint density at radius 2 is 1.89 bits per heavy atom. The van der Waals surface area contributed by atoms with Crippen molar-refractivity contribution < 1.29 is 19.4 Å². The molecule has 2 N–H and O–H groups in total. The Hall–Kier alpha value is -1.63. The molecular formula is C21H32N2O4. The first kappa shape index (κ1) is 20.1. The van der Waals surface area contributed by atoms with Gasteiger partial charge in [-0.2, -0.15) is 0 Å². The van der Waals surface area contributed by atoms with Crippen LogP contribution in [0.5, 0.6) is 0 Å². The fourth-order valence-electron chi connectivity index (χ4n) is 4.19. The molecule has 1 saturated heterocycles. The Kier molecular flexibility index (Phi) is 6.08. The highest BCUT2D eigenvalue weighted by atomic mass is 16.7. The van der Waals surface area contributed by atoms with E-state index in [1.807, 2.05) is 6.92 Å². The van der Waals surface area contributed by atoms with E-state index in [1.165, 1.54) is 10.6 Å². The van der Waals surface area contributed by atoms with Crippen LogP contribution in [-0.4, -0.2) is 41.8 Å². The number of hydrogen-bond acceptors (Lipinski definition) is 4. The summed E-state index contributed by atoms with van der Waals surface area (Å²) in [4.78, 5) is 11.8. The molecule has 150 valence electrons. The summed E-state index contributed by atoms with van der Waals surface area (Å²) in [6, 6.07) is 8.54. The molecule has 0 radical (unpaired) electrons. The number of ether oxygens (including phenoxy) is 2. The third kappa shape index (κ3) is 4.28. The largest absolute Gasteiger partial charge is 0.464 e. The van der Waals surface area contributed by atoms with Crippen molar-refractivity contribution in [2.24, 2.45) is 0 Å². The van der Waals surface area contributed by atoms with E-state index in [0.717, 1.165) is 37.7 Å². The Morgan fingerprint density at radius 3 is 2.44 bits per heavy atom. The first-order chi connectivity index (χ1) is 12.9. The molecule has 1 heterocycles. The highest BCUT2D eigenvalue weighted by Gasteiger charge is 2.48. The first-order valence-electron chi connectivity index (χ1n) is 10.1. The fraction of sp³-hybridized carbons (Fsp3) is 0.667. The average Bonchev–Trinajstić information content (AvgIpc) is 3.12. The smallest absolute Gasteiger partial charge is 0.421 e. The third-order valence-electron chi connectivity index (χ3n) is 5.81. The number of nitrogens with one attached hydrogen (secondary N) is 1. The molecule has 1 aromatic rings. The van der Waals surface area contributed by atoms with Crippen molar-refractivity contribution in [3.63, 3.8) is 0 Å². The van der Waals surface area contributed by atoms with Gasteiger partial charge >= 0.3 is 6.09 Å². The number of rotatable bonds is 6. The fourth-order valence-corrected chi connectivity index (χ4v) is 4.19. The molecule has 6 heteroatoms. The molecule has 6 nitrogen and oxygen atoms in total. The van der Waals surface area contributed by atoms with Crippen molar-refractivity contribution in [1.29, 1.82) is 0 Å². The zero-order valence-electron chi connectivity index (χ0n) is 16.7. The van der Waals surface area contributed by atoms with Crippen LogP contribution in [0.25, 0.3) is 0 Å². The summed E-state index contributed by atoms with van der Waals surface area (Å²) in [5.41, 5.74) is 5.36. The van der Waals surface area contributed by atoms with Crippen LogP contribution in [0.1, 0.15) is 69.9 Å². The molecule has 1 aliphatic carbocycles. The quantitative estimate of drug-likeness (QED) is 0.728. The number of hydrazine groups is 1. The van der Waals surface area contributed by atoms with Crippen LogP contribution in [0, 0.1) is 0 Å². The Morgan fingerprint density at radius 1 is 1.22 bits per heavy atom. The molecule has 0 aromatic heterocycles. The molecule has 1 spiro atoms. The van der Waals surface area contributed by atoms with Crippen molar-refractivity contribution in [3.05, 3.63) is 35.4 Å². The number of benzene rings is 1. The maximum absolute atomic E-state index is 11.8. The van der Waals surface area contributed by atoms with E-state index < -0.39 is 17.4 Å². The van der Waals surface area contributed by atoms with E-state index in [4.69, 9.17) is 9.47 Å². The summed E-state index contributed by atoms with van der Waals surface area (Å²) < 4.78 is 11.8. The van der Waals surface area contributed by atoms with Crippen LogP contribution in [0.4, 0.5) is 4.79 Å². The lowest BCUT2D eigenvalue weighted by Gasteiger charge is -2.46. The highest BCUT2D eigenvalue weighted by Crippen LogP contribution is 2.45. The monoisotopic (exact) mass is 376 g/mol. The topological polar surface area (TPSA) is 71.0 Å². The normalized spacial score (nSPS) is 20.9. The van der Waals surface area contributed by atoms with Crippen LogP contribution in [-0.2, 0) is 15.0 Å². The van der Waals surface area contributed by atoms with Crippen LogP contribution in [0.2, 0.25) is 0 Å². The van der Waals surface area contributed by atoms with Gasteiger partial charge in [-0.25, -0.2) is 15.2 Å². The number of carboxylic acid groups (broad SMARTS) is 1. The lowest BCUT2D eigenvalue weighted by atomic mass is 9.74. The van der Waals surface area contributed by atoms with Gasteiger partial charge in [0.15, 0.2) is 5.79 Å². The second-order valence-corrected chi connectivity index (χ2v) is 8.02. The Bertz CT molecular complexity index is 645. The summed E-state index contributed by atoms with van der Waals surface area (Å²) in [6.45, 7) is 8.07. The van der Waals surface area contributed by atoms with E-state index in [1.54, 1.807) is 0 Å². The van der Waals surface area contributed by atoms with Crippen molar-refractivity contribution in [2.45, 2.75) is 70.1 Å². The molecule has 1 aromatic carbocycles. The summed E-state index contributed by atoms with van der Waals surface area (Å²) in [5, 5.41) is 11.0. The van der Waals surface area contributed by atoms with Gasteiger partial charge < -0.3 is 14.6 Å². The molecule has 2 fully saturated rings. The Labute approximate surface area is 161 Å². The summed E-state index contributed by atoms with van der Waals surface area (Å²) in [5.74, 6) is -0.0655. The lowest BCUT2D eigenvalue weighted by Crippen LogP contribution is -2.57. The predicted molar refractivity (Wildman–Crippen MR) is 103 cm³/mol. The molecule has 1 aliphatic heterocycles. The number of carbonyl (C=O) groups is 1. The van der Waals surface area contributed by atoms with Gasteiger partial charge in [0.2, 0.25) is 0 Å². The van der Waals surface area contributed by atoms with Crippen LogP contribution < -0.4 is 5.43 Å². The van der Waals surface area contributed by atoms with Gasteiger partial charge in [-0.15, -0.1) is 0 Å². The second-order valence-electron chi connectivity index (χ2n) is 8.02. The zero-order chi connectivity index (χ0) is 19.5. The standard InChI is InChI=1S/C21H32N2O4/c1-4-12-23(19(24)25)22-20(18-7-5-6-17(15-18)16(2)3)8-10-21(11-9-20)26-13-14-27-21/h5-7,15-16,22H,4,8-14H2,1-3H3,(H,24,25). The molecule has 3 rings (SSSR count). The number of hydrogen-bond donors (Lipinski definition) is 2. The average molecular weight is 376 g/mol. The number of amides is 1. The maximum atomic E-state index is 11.8. The Balaban J connectivity index is 1.91. The van der Waals surface area contributed by atoms with Crippen LogP contribution in [0.3, 0.4) is 0 Å². The minimum absolute atomic E-state index is 0.421. The highest BCUT2D eigenvalue weighted by molar-refractivity contribution is 5.64. The van der Waals surface area contributed by atoms with Crippen molar-refractivity contribution in [1.82, 2.24) is 10.4 Å². The van der Waals surface area contributed by atoms with Gasteiger partial charge in [0.1, 0.15) is 0 Å². The molecule has 0 atom stereocenters. The first-order valence-corrected chi connectivity index (χ1v) is 10.1. The molecule has 0 unspecified atom stereocenters. The molecule has 0 bridgehead atoms. The van der Waals surface area contributed by atoms with Gasteiger partial charge in [-0.05, 0) is 36.3 Å². The zero-order valence-corrected chi connectivity index (χ0v) is 16.7. The van der Waals surface area contributed by atoms with E-state index >= 15 is 0 Å². The van der Waals surface area contributed by atoms with Crippen LogP contribution >= 0.6 is 0 Å². The minimum Gasteiger partial charge on any atom is -0.464 e. The van der Waals surface area contributed by atoms with Gasteiger partial charge in [0.25, 0.3) is 0 Å². The van der Waals surface area contributed by atoms with E-state index in [0.29, 0.717) is 25.7 Å². The number of nitrogens with zero attached hydrogens (tertiary/aromatic N) is 1. The lowest BCUT2D eigenvalue weighted by molar-refractivity contribution is -0.189. The van der Waals surface area contributed by atoms with Crippen molar-refractivity contribution in [2.75, 3.05) is 19.8 Å². The van der Waals surface area contributed by atoms with Crippen molar-refractivity contribution >= 4 is 6.09 Å². The van der Waals surface area contributed by atoms with E-state index in [9.17, 15) is 9.90 Å². The molecule has 1 saturated carbocycles. The predicted octanol–water partition coefficient (Wildman–Crippen LogP) is 4.22. The van der Waals surface area contributed by atoms with Crippen LogP contribution in [0.15, 0.2) is 24.3 Å². The molecule has 2 aliphatic rings. The van der Waals surface area contributed by atoms with Gasteiger partial charge in [0.05, 0.1) is 18.8 Å². The van der Waals surface area contributed by atoms with Gasteiger partial charge in [-0.1, -0.05) is 45.0 Å². The van der Waals surface area contributed by atoms with Gasteiger partial charge in [-0.3, -0.25) is 0 Å². The van der Waals surface area contributed by atoms with Gasteiger partial charge in [0, 0.05) is 19.4 Å². The molecular weight excluding hydrogens is 344 g/mol.